The number of hydrogen-bond donors (Lipinski definition) is 2. The second kappa shape index (κ2) is 3.91. The van der Waals surface area contributed by atoms with E-state index in [1.54, 1.807) is 12.1 Å². The predicted octanol–water partition coefficient (Wildman–Crippen LogP) is 1.78. The molecule has 2 rings (SSSR count). The SMILES string of the molecule is NCC1(O)CCC(c2ccc(F)cc2)C1. The van der Waals surface area contributed by atoms with Crippen LogP contribution in [-0.4, -0.2) is 17.3 Å². The molecule has 0 radical (unpaired) electrons. The quantitative estimate of drug-likeness (QED) is 0.780. The summed E-state index contributed by atoms with van der Waals surface area (Å²) >= 11 is 0. The van der Waals surface area contributed by atoms with Gasteiger partial charge in [-0.25, -0.2) is 4.39 Å². The van der Waals surface area contributed by atoms with Gasteiger partial charge in [-0.15, -0.1) is 0 Å². The molecule has 15 heavy (non-hydrogen) atoms. The first-order chi connectivity index (χ1) is 7.13. The number of nitrogens with two attached hydrogens (primary N) is 1. The molecule has 2 unspecified atom stereocenters. The van der Waals surface area contributed by atoms with E-state index in [1.165, 1.54) is 12.1 Å². The molecule has 1 aromatic carbocycles. The maximum Gasteiger partial charge on any atom is 0.123 e. The van der Waals surface area contributed by atoms with Crippen LogP contribution in [0.4, 0.5) is 4.39 Å². The van der Waals surface area contributed by atoms with E-state index in [2.05, 4.69) is 0 Å². The van der Waals surface area contributed by atoms with Crippen LogP contribution in [-0.2, 0) is 0 Å². The van der Waals surface area contributed by atoms with Gasteiger partial charge in [0.15, 0.2) is 0 Å². The number of halogens is 1. The van der Waals surface area contributed by atoms with Crippen LogP contribution in [0.1, 0.15) is 30.7 Å². The normalized spacial score (nSPS) is 30.7. The molecule has 1 aliphatic carbocycles. The standard InChI is InChI=1S/C12H16FNO/c13-11-3-1-9(2-4-11)10-5-6-12(15,7-10)8-14/h1-4,10,15H,5-8,14H2. The Kier molecular flexibility index (Phi) is 2.76. The van der Waals surface area contributed by atoms with Gasteiger partial charge in [0.1, 0.15) is 5.82 Å². The van der Waals surface area contributed by atoms with Crippen molar-refractivity contribution in [2.45, 2.75) is 30.8 Å². The van der Waals surface area contributed by atoms with Crippen LogP contribution in [0.15, 0.2) is 24.3 Å². The second-order valence-electron chi connectivity index (χ2n) is 4.42. The summed E-state index contributed by atoms with van der Waals surface area (Å²) in [5.41, 5.74) is 5.91. The van der Waals surface area contributed by atoms with E-state index in [0.717, 1.165) is 18.4 Å². The highest BCUT2D eigenvalue weighted by Crippen LogP contribution is 2.40. The second-order valence-corrected chi connectivity index (χ2v) is 4.42. The van der Waals surface area contributed by atoms with Crippen LogP contribution >= 0.6 is 0 Å². The summed E-state index contributed by atoms with van der Waals surface area (Å²) in [6.07, 6.45) is 2.36. The topological polar surface area (TPSA) is 46.2 Å². The summed E-state index contributed by atoms with van der Waals surface area (Å²) in [5, 5.41) is 9.99. The maximum absolute atomic E-state index is 12.7. The Morgan fingerprint density at radius 2 is 2.07 bits per heavy atom. The Hall–Kier alpha value is -0.930. The summed E-state index contributed by atoms with van der Waals surface area (Å²) in [7, 11) is 0. The molecule has 1 fully saturated rings. The molecule has 0 saturated heterocycles. The summed E-state index contributed by atoms with van der Waals surface area (Å²) in [6.45, 7) is 0.310. The first-order valence-electron chi connectivity index (χ1n) is 5.31. The molecule has 0 heterocycles. The predicted molar refractivity (Wildman–Crippen MR) is 57.0 cm³/mol. The van der Waals surface area contributed by atoms with Crippen molar-refractivity contribution < 1.29 is 9.50 Å². The molecule has 3 heteroatoms. The molecule has 1 aromatic rings. The van der Waals surface area contributed by atoms with E-state index in [0.29, 0.717) is 18.9 Å². The maximum atomic E-state index is 12.7. The molecule has 0 spiro atoms. The van der Waals surface area contributed by atoms with Gasteiger partial charge in [0.2, 0.25) is 0 Å². The van der Waals surface area contributed by atoms with Gasteiger partial charge in [-0.1, -0.05) is 12.1 Å². The molecule has 2 nitrogen and oxygen atoms in total. The third-order valence-corrected chi connectivity index (χ3v) is 3.31. The zero-order chi connectivity index (χ0) is 10.9. The van der Waals surface area contributed by atoms with Crippen molar-refractivity contribution in [3.8, 4) is 0 Å². The van der Waals surface area contributed by atoms with Gasteiger partial charge >= 0.3 is 0 Å². The Labute approximate surface area is 88.9 Å². The lowest BCUT2D eigenvalue weighted by Crippen LogP contribution is -2.34. The van der Waals surface area contributed by atoms with Crippen molar-refractivity contribution >= 4 is 0 Å². The van der Waals surface area contributed by atoms with Crippen LogP contribution < -0.4 is 5.73 Å². The van der Waals surface area contributed by atoms with Crippen molar-refractivity contribution in [2.75, 3.05) is 6.54 Å². The summed E-state index contributed by atoms with van der Waals surface area (Å²) < 4.78 is 12.7. The molecule has 1 aliphatic rings. The van der Waals surface area contributed by atoms with Crippen molar-refractivity contribution in [1.29, 1.82) is 0 Å². The lowest BCUT2D eigenvalue weighted by Gasteiger charge is -2.20. The molecular weight excluding hydrogens is 193 g/mol. The van der Waals surface area contributed by atoms with E-state index in [9.17, 15) is 9.50 Å². The Bertz CT molecular complexity index is 338. The molecule has 1 saturated carbocycles. The smallest absolute Gasteiger partial charge is 0.123 e. The molecule has 3 N–H and O–H groups in total. The van der Waals surface area contributed by atoms with Crippen LogP contribution in [0.5, 0.6) is 0 Å². The lowest BCUT2D eigenvalue weighted by molar-refractivity contribution is 0.0554. The van der Waals surface area contributed by atoms with E-state index in [4.69, 9.17) is 5.73 Å². The zero-order valence-corrected chi connectivity index (χ0v) is 8.62. The number of hydrogen-bond acceptors (Lipinski definition) is 2. The Morgan fingerprint density at radius 3 is 2.60 bits per heavy atom. The van der Waals surface area contributed by atoms with E-state index >= 15 is 0 Å². The first-order valence-corrected chi connectivity index (χ1v) is 5.31. The number of benzene rings is 1. The Balaban J connectivity index is 2.11. The van der Waals surface area contributed by atoms with Crippen molar-refractivity contribution in [1.82, 2.24) is 0 Å². The monoisotopic (exact) mass is 209 g/mol. The van der Waals surface area contributed by atoms with E-state index in [-0.39, 0.29) is 5.82 Å². The molecule has 0 aromatic heterocycles. The van der Waals surface area contributed by atoms with Crippen molar-refractivity contribution in [3.05, 3.63) is 35.6 Å². The van der Waals surface area contributed by atoms with Gasteiger partial charge in [0, 0.05) is 6.54 Å². The molecule has 82 valence electrons. The fraction of sp³-hybridized carbons (Fsp3) is 0.500. The van der Waals surface area contributed by atoms with E-state index < -0.39 is 5.60 Å². The fourth-order valence-electron chi connectivity index (χ4n) is 2.31. The summed E-state index contributed by atoms with van der Waals surface area (Å²) in [6, 6.07) is 6.52. The molecule has 0 amide bonds. The van der Waals surface area contributed by atoms with Crippen molar-refractivity contribution in [2.24, 2.45) is 5.73 Å². The minimum atomic E-state index is -0.709. The largest absolute Gasteiger partial charge is 0.389 e. The summed E-state index contributed by atoms with van der Waals surface area (Å²) in [4.78, 5) is 0. The molecule has 0 bridgehead atoms. The highest BCUT2D eigenvalue weighted by atomic mass is 19.1. The zero-order valence-electron chi connectivity index (χ0n) is 8.62. The van der Waals surface area contributed by atoms with Gasteiger partial charge in [-0.2, -0.15) is 0 Å². The fourth-order valence-corrected chi connectivity index (χ4v) is 2.31. The van der Waals surface area contributed by atoms with Gasteiger partial charge in [-0.05, 0) is 42.9 Å². The average molecular weight is 209 g/mol. The van der Waals surface area contributed by atoms with Gasteiger partial charge < -0.3 is 10.8 Å². The van der Waals surface area contributed by atoms with Crippen LogP contribution in [0.25, 0.3) is 0 Å². The minimum absolute atomic E-state index is 0.217. The third-order valence-electron chi connectivity index (χ3n) is 3.31. The average Bonchev–Trinajstić information content (AvgIpc) is 2.63. The molecule has 0 aliphatic heterocycles. The first kappa shape index (κ1) is 10.6. The molecule has 2 atom stereocenters. The van der Waals surface area contributed by atoms with Crippen LogP contribution in [0, 0.1) is 5.82 Å². The van der Waals surface area contributed by atoms with Gasteiger partial charge in [0.25, 0.3) is 0 Å². The van der Waals surface area contributed by atoms with E-state index in [1.807, 2.05) is 0 Å². The highest BCUT2D eigenvalue weighted by molar-refractivity contribution is 5.22. The summed E-state index contributed by atoms with van der Waals surface area (Å²) in [5.74, 6) is 0.102. The van der Waals surface area contributed by atoms with Crippen LogP contribution in [0.2, 0.25) is 0 Å². The third kappa shape index (κ3) is 2.19. The van der Waals surface area contributed by atoms with Gasteiger partial charge in [0.05, 0.1) is 5.60 Å². The minimum Gasteiger partial charge on any atom is -0.389 e. The Morgan fingerprint density at radius 1 is 1.40 bits per heavy atom. The number of aliphatic hydroxyl groups is 1. The lowest BCUT2D eigenvalue weighted by atomic mass is 9.95. The number of rotatable bonds is 2. The molecular formula is C12H16FNO. The highest BCUT2D eigenvalue weighted by Gasteiger charge is 2.36. The van der Waals surface area contributed by atoms with Crippen molar-refractivity contribution in [3.63, 3.8) is 0 Å². The van der Waals surface area contributed by atoms with Gasteiger partial charge in [-0.3, -0.25) is 0 Å². The van der Waals surface area contributed by atoms with Crippen LogP contribution in [0.3, 0.4) is 0 Å².